The Morgan fingerprint density at radius 3 is 2.89 bits per heavy atom. The first kappa shape index (κ1) is 12.2. The van der Waals surface area contributed by atoms with Crippen molar-refractivity contribution in [2.24, 2.45) is 0 Å². The normalized spacial score (nSPS) is 26.4. The van der Waals surface area contributed by atoms with Crippen molar-refractivity contribution >= 4 is 21.8 Å². The average molecular weight is 313 g/mol. The SMILES string of the molecule is CN1CCCC(N2CC(n3cc(Br)cn3)C2)C1=O. The van der Waals surface area contributed by atoms with Crippen molar-refractivity contribution in [3.05, 3.63) is 16.9 Å². The molecule has 1 unspecified atom stereocenters. The smallest absolute Gasteiger partial charge is 0.239 e. The summed E-state index contributed by atoms with van der Waals surface area (Å²) in [5, 5.41) is 4.30. The van der Waals surface area contributed by atoms with Crippen LogP contribution >= 0.6 is 15.9 Å². The molecule has 1 aromatic rings. The number of aromatic nitrogens is 2. The average Bonchev–Trinajstić information content (AvgIpc) is 2.69. The van der Waals surface area contributed by atoms with E-state index in [4.69, 9.17) is 0 Å². The van der Waals surface area contributed by atoms with Gasteiger partial charge in [0.05, 0.1) is 22.8 Å². The highest BCUT2D eigenvalue weighted by Gasteiger charge is 2.39. The molecule has 2 fully saturated rings. The molecule has 1 atom stereocenters. The molecule has 0 aliphatic carbocycles. The van der Waals surface area contributed by atoms with Crippen LogP contribution in [0.2, 0.25) is 0 Å². The summed E-state index contributed by atoms with van der Waals surface area (Å²) in [5.41, 5.74) is 0. The van der Waals surface area contributed by atoms with Crippen LogP contribution in [0.1, 0.15) is 18.9 Å². The molecule has 0 spiro atoms. The molecule has 2 aliphatic heterocycles. The van der Waals surface area contributed by atoms with Gasteiger partial charge in [0.15, 0.2) is 0 Å². The highest BCUT2D eigenvalue weighted by Crippen LogP contribution is 2.28. The highest BCUT2D eigenvalue weighted by molar-refractivity contribution is 9.10. The molecule has 3 rings (SSSR count). The minimum absolute atomic E-state index is 0.0963. The molecule has 18 heavy (non-hydrogen) atoms. The third-order valence-corrected chi connectivity index (χ3v) is 4.32. The van der Waals surface area contributed by atoms with Crippen LogP contribution in [0.4, 0.5) is 0 Å². The first-order chi connectivity index (χ1) is 8.65. The highest BCUT2D eigenvalue weighted by atomic mass is 79.9. The maximum atomic E-state index is 12.1. The number of hydrogen-bond acceptors (Lipinski definition) is 3. The van der Waals surface area contributed by atoms with Gasteiger partial charge >= 0.3 is 0 Å². The fraction of sp³-hybridized carbons (Fsp3) is 0.667. The number of nitrogens with zero attached hydrogens (tertiary/aromatic N) is 4. The van der Waals surface area contributed by atoms with Crippen molar-refractivity contribution in [3.8, 4) is 0 Å². The van der Waals surface area contributed by atoms with E-state index in [0.29, 0.717) is 6.04 Å². The van der Waals surface area contributed by atoms with Crippen LogP contribution in [0.25, 0.3) is 0 Å². The van der Waals surface area contributed by atoms with Crippen LogP contribution in [-0.2, 0) is 4.79 Å². The van der Waals surface area contributed by atoms with Crippen molar-refractivity contribution in [1.29, 1.82) is 0 Å². The second kappa shape index (κ2) is 4.66. The fourth-order valence-electron chi connectivity index (χ4n) is 2.77. The number of piperidine rings is 1. The van der Waals surface area contributed by atoms with E-state index in [2.05, 4.69) is 25.9 Å². The Kier molecular flexibility index (Phi) is 3.15. The Balaban J connectivity index is 1.60. The predicted octanol–water partition coefficient (Wildman–Crippen LogP) is 1.12. The number of carbonyl (C=O) groups is 1. The van der Waals surface area contributed by atoms with Crippen LogP contribution in [0, 0.1) is 0 Å². The van der Waals surface area contributed by atoms with Gasteiger partial charge in [0, 0.05) is 32.9 Å². The van der Waals surface area contributed by atoms with E-state index in [0.717, 1.165) is 36.9 Å². The molecule has 2 saturated heterocycles. The number of likely N-dealkylation sites (N-methyl/N-ethyl adjacent to an activating group) is 1. The monoisotopic (exact) mass is 312 g/mol. The summed E-state index contributed by atoms with van der Waals surface area (Å²) in [6, 6.07) is 0.510. The lowest BCUT2D eigenvalue weighted by Gasteiger charge is -2.46. The topological polar surface area (TPSA) is 41.4 Å². The first-order valence-corrected chi connectivity index (χ1v) is 7.13. The molecular formula is C12H17BrN4O. The third kappa shape index (κ3) is 2.07. The lowest BCUT2D eigenvalue weighted by Crippen LogP contribution is -2.59. The summed E-state index contributed by atoms with van der Waals surface area (Å²) in [5.74, 6) is 0.279. The van der Waals surface area contributed by atoms with E-state index < -0.39 is 0 Å². The molecule has 0 aromatic carbocycles. The van der Waals surface area contributed by atoms with Crippen LogP contribution in [0.15, 0.2) is 16.9 Å². The van der Waals surface area contributed by atoms with E-state index in [1.54, 1.807) is 0 Å². The minimum Gasteiger partial charge on any atom is -0.344 e. The predicted molar refractivity (Wildman–Crippen MR) is 71.2 cm³/mol. The Morgan fingerprint density at radius 1 is 1.44 bits per heavy atom. The number of hydrogen-bond donors (Lipinski definition) is 0. The Labute approximate surface area is 115 Å². The van der Waals surface area contributed by atoms with Gasteiger partial charge in [0.25, 0.3) is 0 Å². The Bertz CT molecular complexity index is 455. The molecule has 98 valence electrons. The molecule has 0 saturated carbocycles. The molecule has 0 radical (unpaired) electrons. The number of likely N-dealkylation sites (tertiary alicyclic amines) is 2. The van der Waals surface area contributed by atoms with E-state index in [-0.39, 0.29) is 11.9 Å². The van der Waals surface area contributed by atoms with Crippen molar-refractivity contribution in [1.82, 2.24) is 19.6 Å². The summed E-state index contributed by atoms with van der Waals surface area (Å²) < 4.78 is 2.99. The first-order valence-electron chi connectivity index (χ1n) is 6.34. The third-order valence-electron chi connectivity index (χ3n) is 3.91. The van der Waals surface area contributed by atoms with E-state index in [9.17, 15) is 4.79 Å². The van der Waals surface area contributed by atoms with Gasteiger partial charge in [-0.05, 0) is 28.8 Å². The molecule has 3 heterocycles. The molecule has 1 amide bonds. The van der Waals surface area contributed by atoms with Gasteiger partial charge in [-0.1, -0.05) is 0 Å². The summed E-state index contributed by atoms with van der Waals surface area (Å²) in [6.07, 6.45) is 5.92. The van der Waals surface area contributed by atoms with Gasteiger partial charge in [-0.25, -0.2) is 0 Å². The van der Waals surface area contributed by atoms with Crippen molar-refractivity contribution in [2.75, 3.05) is 26.7 Å². The summed E-state index contributed by atoms with van der Waals surface area (Å²) in [4.78, 5) is 16.2. The second-order valence-corrected chi connectivity index (χ2v) is 6.08. The Morgan fingerprint density at radius 2 is 2.22 bits per heavy atom. The molecule has 0 N–H and O–H groups in total. The van der Waals surface area contributed by atoms with Crippen LogP contribution in [0.3, 0.4) is 0 Å². The van der Waals surface area contributed by atoms with Crippen LogP contribution in [-0.4, -0.2) is 58.2 Å². The molecule has 2 aliphatic rings. The van der Waals surface area contributed by atoms with Crippen molar-refractivity contribution in [2.45, 2.75) is 24.9 Å². The minimum atomic E-state index is 0.0963. The van der Waals surface area contributed by atoms with Crippen LogP contribution in [0.5, 0.6) is 0 Å². The van der Waals surface area contributed by atoms with Gasteiger partial charge < -0.3 is 4.90 Å². The number of amides is 1. The van der Waals surface area contributed by atoms with E-state index in [1.165, 1.54) is 0 Å². The van der Waals surface area contributed by atoms with Gasteiger partial charge in [0.1, 0.15) is 0 Å². The standard InChI is InChI=1S/C12H17BrN4O/c1-15-4-2-3-11(12(15)18)16-7-10(8-16)17-6-9(13)5-14-17/h5-6,10-11H,2-4,7-8H2,1H3. The molecular weight excluding hydrogens is 296 g/mol. The largest absolute Gasteiger partial charge is 0.344 e. The zero-order chi connectivity index (χ0) is 12.7. The van der Waals surface area contributed by atoms with Gasteiger partial charge in [-0.15, -0.1) is 0 Å². The van der Waals surface area contributed by atoms with Gasteiger partial charge in [0.2, 0.25) is 5.91 Å². The lowest BCUT2D eigenvalue weighted by molar-refractivity contribution is -0.141. The maximum absolute atomic E-state index is 12.1. The van der Waals surface area contributed by atoms with Gasteiger partial charge in [-0.2, -0.15) is 5.10 Å². The molecule has 1 aromatic heterocycles. The lowest BCUT2D eigenvalue weighted by atomic mass is 9.98. The maximum Gasteiger partial charge on any atom is 0.239 e. The quantitative estimate of drug-likeness (QED) is 0.822. The number of carbonyl (C=O) groups excluding carboxylic acids is 1. The molecule has 6 heteroatoms. The van der Waals surface area contributed by atoms with E-state index in [1.807, 2.05) is 29.0 Å². The number of rotatable bonds is 2. The Hall–Kier alpha value is -0.880. The summed E-state index contributed by atoms with van der Waals surface area (Å²) in [6.45, 7) is 2.76. The summed E-state index contributed by atoms with van der Waals surface area (Å²) >= 11 is 3.41. The summed E-state index contributed by atoms with van der Waals surface area (Å²) in [7, 11) is 1.90. The molecule has 0 bridgehead atoms. The van der Waals surface area contributed by atoms with Crippen molar-refractivity contribution < 1.29 is 4.79 Å². The number of halogens is 1. The zero-order valence-electron chi connectivity index (χ0n) is 10.4. The second-order valence-electron chi connectivity index (χ2n) is 5.16. The van der Waals surface area contributed by atoms with Crippen molar-refractivity contribution in [3.63, 3.8) is 0 Å². The van der Waals surface area contributed by atoms with E-state index >= 15 is 0 Å². The van der Waals surface area contributed by atoms with Gasteiger partial charge in [-0.3, -0.25) is 14.4 Å². The zero-order valence-corrected chi connectivity index (χ0v) is 12.0. The van der Waals surface area contributed by atoms with Crippen LogP contribution < -0.4 is 0 Å². The molecule has 5 nitrogen and oxygen atoms in total. The fourth-order valence-corrected chi connectivity index (χ4v) is 3.07.